The van der Waals surface area contributed by atoms with Crippen LogP contribution >= 0.6 is 22.6 Å². The second-order valence-electron chi connectivity index (χ2n) is 5.24. The number of nitrogens with zero attached hydrogens (tertiary/aromatic N) is 3. The third-order valence-electron chi connectivity index (χ3n) is 3.46. The van der Waals surface area contributed by atoms with Crippen LogP contribution in [-0.2, 0) is 16.7 Å². The Bertz CT molecular complexity index is 1020. The molecular weight excluding hydrogens is 474 g/mol. The number of aromatic nitrogens is 3. The quantitative estimate of drug-likeness (QED) is 0.539. The van der Waals surface area contributed by atoms with Crippen molar-refractivity contribution in [2.24, 2.45) is 0 Å². The summed E-state index contributed by atoms with van der Waals surface area (Å²) in [5, 5.41) is 4.05. The monoisotopic (exact) mass is 488 g/mol. The molecule has 0 unspecified atom stereocenters. The molecule has 136 valence electrons. The van der Waals surface area contributed by atoms with Crippen LogP contribution in [-0.4, -0.2) is 30.3 Å². The number of hydrogen-bond donors (Lipinski definition) is 1. The molecule has 3 rings (SSSR count). The molecule has 0 aliphatic rings. The fourth-order valence-electron chi connectivity index (χ4n) is 2.15. The van der Waals surface area contributed by atoms with Crippen molar-refractivity contribution in [1.29, 1.82) is 0 Å². The summed E-state index contributed by atoms with van der Waals surface area (Å²) in [6.07, 6.45) is 3.97. The van der Waals surface area contributed by atoms with Crippen molar-refractivity contribution in [3.05, 3.63) is 58.1 Å². The smallest absolute Gasteiger partial charge is 0.265 e. The first kappa shape index (κ1) is 18.6. The van der Waals surface area contributed by atoms with E-state index in [4.69, 9.17) is 4.74 Å². The molecule has 0 bridgehead atoms. The molecule has 3 aromatic rings. The third kappa shape index (κ3) is 3.96. The summed E-state index contributed by atoms with van der Waals surface area (Å²) in [6, 6.07) is 8.14. The number of hydrogen-bond acceptors (Lipinski definition) is 5. The average molecular weight is 488 g/mol. The number of benzene rings is 1. The van der Waals surface area contributed by atoms with Gasteiger partial charge in [-0.05, 0) is 52.9 Å². The zero-order valence-corrected chi connectivity index (χ0v) is 16.5. The van der Waals surface area contributed by atoms with E-state index in [0.717, 1.165) is 0 Å². The van der Waals surface area contributed by atoms with Gasteiger partial charge in [0.1, 0.15) is 17.3 Å². The summed E-state index contributed by atoms with van der Waals surface area (Å²) in [5.74, 6) is 1.05. The van der Waals surface area contributed by atoms with Crippen LogP contribution in [0, 0.1) is 3.57 Å². The predicted molar refractivity (Wildman–Crippen MR) is 103 cm³/mol. The molecule has 2 aromatic heterocycles. The van der Waals surface area contributed by atoms with Gasteiger partial charge in [0, 0.05) is 17.4 Å². The van der Waals surface area contributed by atoms with Crippen molar-refractivity contribution in [2.45, 2.75) is 11.6 Å². The van der Waals surface area contributed by atoms with Gasteiger partial charge < -0.3 is 4.74 Å². The van der Waals surface area contributed by atoms with Gasteiger partial charge in [0.05, 0.1) is 23.1 Å². The Morgan fingerprint density at radius 3 is 2.62 bits per heavy atom. The lowest BCUT2D eigenvalue weighted by atomic mass is 10.3. The summed E-state index contributed by atoms with van der Waals surface area (Å²) in [4.78, 5) is 4.13. The number of halogens is 2. The number of sulfonamides is 1. The molecule has 7 nitrogen and oxygen atoms in total. The third-order valence-corrected chi connectivity index (χ3v) is 5.59. The van der Waals surface area contributed by atoms with Crippen molar-refractivity contribution in [3.8, 4) is 11.6 Å². The van der Waals surface area contributed by atoms with Crippen LogP contribution in [0.25, 0.3) is 5.82 Å². The van der Waals surface area contributed by atoms with Gasteiger partial charge in [-0.2, -0.15) is 5.10 Å². The van der Waals surface area contributed by atoms with E-state index in [9.17, 15) is 12.8 Å². The van der Waals surface area contributed by atoms with Crippen LogP contribution < -0.4 is 9.46 Å². The van der Waals surface area contributed by atoms with Crippen LogP contribution in [0.5, 0.6) is 5.75 Å². The SMILES string of the molecule is COc1ccc(NS(=O)(=O)c2cnn(-c3ncc(CF)cc3I)c2)cc1. The Hall–Kier alpha value is -2.21. The molecule has 26 heavy (non-hydrogen) atoms. The van der Waals surface area contributed by atoms with E-state index in [-0.39, 0.29) is 4.90 Å². The van der Waals surface area contributed by atoms with E-state index in [2.05, 4.69) is 14.8 Å². The van der Waals surface area contributed by atoms with E-state index >= 15 is 0 Å². The molecule has 0 saturated heterocycles. The fourth-order valence-corrected chi connectivity index (χ4v) is 3.92. The summed E-state index contributed by atoms with van der Waals surface area (Å²) >= 11 is 2.00. The number of nitrogens with one attached hydrogen (secondary N) is 1. The summed E-state index contributed by atoms with van der Waals surface area (Å²) in [6.45, 7) is -0.617. The molecule has 0 saturated carbocycles. The van der Waals surface area contributed by atoms with E-state index < -0.39 is 16.7 Å². The standard InChI is InChI=1S/C16H14FIN4O3S/c1-25-13-4-2-12(3-5-13)21-26(23,24)14-9-20-22(10-14)16-15(18)6-11(7-17)8-19-16/h2-6,8-10,21H,7H2,1H3. The number of rotatable bonds is 6. The molecule has 0 fully saturated rings. The van der Waals surface area contributed by atoms with Gasteiger partial charge in [0.2, 0.25) is 0 Å². The highest BCUT2D eigenvalue weighted by Gasteiger charge is 2.18. The zero-order chi connectivity index (χ0) is 18.7. The van der Waals surface area contributed by atoms with E-state index in [1.54, 1.807) is 30.3 Å². The maximum absolute atomic E-state index is 12.7. The molecule has 0 aliphatic heterocycles. The Balaban J connectivity index is 1.85. The Kier molecular flexibility index (Phi) is 5.41. The van der Waals surface area contributed by atoms with Crippen LogP contribution in [0.15, 0.2) is 53.8 Å². The number of methoxy groups -OCH3 is 1. The first-order valence-corrected chi connectivity index (χ1v) is 9.91. The largest absolute Gasteiger partial charge is 0.497 e. The lowest BCUT2D eigenvalue weighted by molar-refractivity contribution is 0.415. The first-order chi connectivity index (χ1) is 12.4. The van der Waals surface area contributed by atoms with Gasteiger partial charge in [-0.3, -0.25) is 4.72 Å². The predicted octanol–water partition coefficient (Wildman–Crippen LogP) is 3.15. The summed E-state index contributed by atoms with van der Waals surface area (Å²) in [7, 11) is -2.28. The van der Waals surface area contributed by atoms with E-state index in [1.807, 2.05) is 22.6 Å². The normalized spacial score (nSPS) is 11.3. The lowest BCUT2D eigenvalue weighted by Gasteiger charge is -2.07. The van der Waals surface area contributed by atoms with Gasteiger partial charge in [-0.25, -0.2) is 22.5 Å². The van der Waals surface area contributed by atoms with Gasteiger partial charge in [-0.1, -0.05) is 0 Å². The zero-order valence-electron chi connectivity index (χ0n) is 13.6. The molecule has 1 aromatic carbocycles. The highest BCUT2D eigenvalue weighted by atomic mass is 127. The highest BCUT2D eigenvalue weighted by molar-refractivity contribution is 14.1. The fraction of sp³-hybridized carbons (Fsp3) is 0.125. The van der Waals surface area contributed by atoms with Crippen LogP contribution in [0.3, 0.4) is 0 Å². The topological polar surface area (TPSA) is 86.1 Å². The van der Waals surface area contributed by atoms with E-state index in [1.165, 1.54) is 30.4 Å². The second kappa shape index (κ2) is 7.58. The number of anilines is 1. The highest BCUT2D eigenvalue weighted by Crippen LogP contribution is 2.21. The van der Waals surface area contributed by atoms with Crippen LogP contribution in [0.4, 0.5) is 10.1 Å². The molecule has 0 spiro atoms. The maximum Gasteiger partial charge on any atom is 0.265 e. The van der Waals surface area contributed by atoms with Crippen molar-refractivity contribution in [3.63, 3.8) is 0 Å². The molecule has 0 atom stereocenters. The van der Waals surface area contributed by atoms with Gasteiger partial charge in [0.25, 0.3) is 10.0 Å². The van der Waals surface area contributed by atoms with Crippen molar-refractivity contribution < 1.29 is 17.5 Å². The second-order valence-corrected chi connectivity index (χ2v) is 8.08. The van der Waals surface area contributed by atoms with Crippen molar-refractivity contribution >= 4 is 38.3 Å². The molecule has 10 heteroatoms. The minimum Gasteiger partial charge on any atom is -0.497 e. The number of alkyl halides is 1. The molecule has 2 heterocycles. The van der Waals surface area contributed by atoms with Gasteiger partial charge >= 0.3 is 0 Å². The molecular formula is C16H14FIN4O3S. The Morgan fingerprint density at radius 2 is 2.00 bits per heavy atom. The van der Waals surface area contributed by atoms with Crippen LogP contribution in [0.1, 0.15) is 5.56 Å². The van der Waals surface area contributed by atoms with Crippen molar-refractivity contribution in [1.82, 2.24) is 14.8 Å². The van der Waals surface area contributed by atoms with Gasteiger partial charge in [-0.15, -0.1) is 0 Å². The number of pyridine rings is 1. The maximum atomic E-state index is 12.7. The minimum absolute atomic E-state index is 0.0134. The first-order valence-electron chi connectivity index (χ1n) is 7.35. The molecule has 1 N–H and O–H groups in total. The van der Waals surface area contributed by atoms with Crippen LogP contribution in [0.2, 0.25) is 0 Å². The van der Waals surface area contributed by atoms with Gasteiger partial charge in [0.15, 0.2) is 5.82 Å². The average Bonchev–Trinajstić information content (AvgIpc) is 3.12. The molecule has 0 radical (unpaired) electrons. The Morgan fingerprint density at radius 1 is 1.27 bits per heavy atom. The summed E-state index contributed by atoms with van der Waals surface area (Å²) < 4.78 is 47.2. The Labute approximate surface area is 163 Å². The van der Waals surface area contributed by atoms with E-state index in [0.29, 0.717) is 26.4 Å². The van der Waals surface area contributed by atoms with Crippen molar-refractivity contribution in [2.75, 3.05) is 11.8 Å². The lowest BCUT2D eigenvalue weighted by Crippen LogP contribution is -2.12. The number of ether oxygens (including phenoxy) is 1. The summed E-state index contributed by atoms with van der Waals surface area (Å²) in [5.41, 5.74) is 0.845. The molecule has 0 amide bonds. The molecule has 0 aliphatic carbocycles. The minimum atomic E-state index is -3.81.